The van der Waals surface area contributed by atoms with Gasteiger partial charge in [-0.15, -0.1) is 11.3 Å². The molecule has 0 atom stereocenters. The predicted molar refractivity (Wildman–Crippen MR) is 103 cm³/mol. The molecule has 0 aliphatic carbocycles. The Morgan fingerprint density at radius 2 is 1.74 bits per heavy atom. The van der Waals surface area contributed by atoms with Crippen LogP contribution in [0.2, 0.25) is 0 Å². The molecule has 4 rings (SSSR count). The summed E-state index contributed by atoms with van der Waals surface area (Å²) < 4.78 is 34.0. The lowest BCUT2D eigenvalue weighted by atomic mass is 10.3. The third-order valence-electron chi connectivity index (χ3n) is 3.64. The van der Waals surface area contributed by atoms with Crippen molar-refractivity contribution in [3.8, 4) is 11.5 Å². The maximum atomic E-state index is 13.5. The molecule has 2 heterocycles. The molecule has 0 aliphatic rings. The quantitative estimate of drug-likeness (QED) is 0.526. The van der Waals surface area contributed by atoms with Crippen molar-refractivity contribution in [1.82, 2.24) is 15.2 Å². The largest absolute Gasteiger partial charge is 0.456 e. The van der Waals surface area contributed by atoms with E-state index in [1.807, 2.05) is 18.2 Å². The van der Waals surface area contributed by atoms with Gasteiger partial charge < -0.3 is 4.74 Å². The zero-order valence-corrected chi connectivity index (χ0v) is 15.5. The van der Waals surface area contributed by atoms with Gasteiger partial charge in [-0.2, -0.15) is 9.40 Å². The predicted octanol–water partition coefficient (Wildman–Crippen LogP) is 4.19. The lowest BCUT2D eigenvalue weighted by molar-refractivity contribution is 0.467. The zero-order valence-electron chi connectivity index (χ0n) is 13.9. The maximum absolute atomic E-state index is 13.5. The van der Waals surface area contributed by atoms with Gasteiger partial charge in [0.05, 0.1) is 6.20 Å². The topological polar surface area (TPSA) is 88.2 Å². The number of thiazole rings is 1. The zero-order chi connectivity index (χ0) is 18.7. The molecule has 0 aliphatic heterocycles. The first-order valence-electron chi connectivity index (χ1n) is 7.92. The number of rotatable bonds is 6. The van der Waals surface area contributed by atoms with E-state index in [-0.39, 0.29) is 10.6 Å². The Kier molecular flexibility index (Phi) is 4.61. The van der Waals surface area contributed by atoms with E-state index in [1.165, 1.54) is 23.6 Å². The minimum Gasteiger partial charge on any atom is -0.456 e. The second-order valence-corrected chi connectivity index (χ2v) is 8.02. The number of para-hydroxylation sites is 2. The van der Waals surface area contributed by atoms with E-state index in [4.69, 9.17) is 4.74 Å². The van der Waals surface area contributed by atoms with Gasteiger partial charge >= 0.3 is 0 Å². The number of sulfonamides is 1. The number of aromatic nitrogens is 3. The molecule has 0 amide bonds. The van der Waals surface area contributed by atoms with Crippen molar-refractivity contribution in [3.05, 3.63) is 78.4 Å². The van der Waals surface area contributed by atoms with Crippen LogP contribution >= 0.6 is 11.3 Å². The molecule has 0 radical (unpaired) electrons. The number of anilines is 2. The third kappa shape index (κ3) is 3.42. The van der Waals surface area contributed by atoms with Crippen LogP contribution in [0.3, 0.4) is 0 Å². The summed E-state index contributed by atoms with van der Waals surface area (Å²) in [7, 11) is -4.01. The Labute approximate surface area is 159 Å². The minimum atomic E-state index is -4.01. The first kappa shape index (κ1) is 17.3. The van der Waals surface area contributed by atoms with E-state index in [2.05, 4.69) is 15.2 Å². The molecule has 0 bridgehead atoms. The van der Waals surface area contributed by atoms with E-state index in [9.17, 15) is 8.42 Å². The van der Waals surface area contributed by atoms with E-state index < -0.39 is 10.0 Å². The second-order valence-electron chi connectivity index (χ2n) is 5.39. The molecule has 7 nitrogen and oxygen atoms in total. The summed E-state index contributed by atoms with van der Waals surface area (Å²) in [6.07, 6.45) is 3.03. The number of H-pyrrole nitrogens is 1. The molecular weight excluding hydrogens is 384 g/mol. The molecule has 0 fully saturated rings. The van der Waals surface area contributed by atoms with Crippen LogP contribution in [-0.2, 0) is 10.0 Å². The van der Waals surface area contributed by atoms with Crippen molar-refractivity contribution >= 4 is 32.3 Å². The fourth-order valence-electron chi connectivity index (χ4n) is 2.47. The van der Waals surface area contributed by atoms with Crippen molar-refractivity contribution in [2.24, 2.45) is 0 Å². The Hall–Kier alpha value is -3.17. The number of benzene rings is 2. The molecule has 2 aromatic heterocycles. The van der Waals surface area contributed by atoms with Crippen LogP contribution in [0.25, 0.3) is 0 Å². The summed E-state index contributed by atoms with van der Waals surface area (Å²) in [4.78, 5) is 4.18. The van der Waals surface area contributed by atoms with Crippen molar-refractivity contribution in [1.29, 1.82) is 0 Å². The van der Waals surface area contributed by atoms with Gasteiger partial charge in [-0.3, -0.25) is 5.10 Å². The molecule has 27 heavy (non-hydrogen) atoms. The molecule has 9 heteroatoms. The summed E-state index contributed by atoms with van der Waals surface area (Å²) in [5.74, 6) is 1.06. The van der Waals surface area contributed by atoms with Gasteiger partial charge in [-0.05, 0) is 24.3 Å². The number of ether oxygens (including phenoxy) is 1. The minimum absolute atomic E-state index is 0.0265. The normalized spacial score (nSPS) is 11.3. The maximum Gasteiger partial charge on any atom is 0.275 e. The number of aromatic amines is 1. The molecule has 136 valence electrons. The van der Waals surface area contributed by atoms with E-state index in [0.717, 1.165) is 4.31 Å². The van der Waals surface area contributed by atoms with Gasteiger partial charge in [0, 0.05) is 17.6 Å². The van der Waals surface area contributed by atoms with E-state index in [0.29, 0.717) is 16.7 Å². The molecule has 0 unspecified atom stereocenters. The number of hydrogen-bond donors (Lipinski definition) is 1. The number of nitrogens with zero attached hydrogens (tertiary/aromatic N) is 3. The summed E-state index contributed by atoms with van der Waals surface area (Å²) in [6, 6.07) is 17.1. The molecule has 1 N–H and O–H groups in total. The average molecular weight is 398 g/mol. The first-order valence-corrected chi connectivity index (χ1v) is 10.2. The fraction of sp³-hybridized carbons (Fsp3) is 0. The van der Waals surface area contributed by atoms with Gasteiger partial charge in [0.2, 0.25) is 5.13 Å². The average Bonchev–Trinajstić information content (AvgIpc) is 3.38. The standard InChI is InChI=1S/C18H14N4O3S2/c23-27(24,22(17-10-11-20-21-17)18-19-12-13-26-18)16-9-5-4-8-15(16)25-14-6-2-1-3-7-14/h1-13H,(H,20,21). The van der Waals surface area contributed by atoms with Crippen LogP contribution in [0, 0.1) is 0 Å². The molecule has 0 saturated carbocycles. The molecule has 0 spiro atoms. The fourth-order valence-corrected chi connectivity index (χ4v) is 4.88. The van der Waals surface area contributed by atoms with Crippen molar-refractivity contribution in [3.63, 3.8) is 0 Å². The van der Waals surface area contributed by atoms with Crippen LogP contribution < -0.4 is 9.04 Å². The number of hydrogen-bond acceptors (Lipinski definition) is 6. The number of nitrogens with one attached hydrogen (secondary N) is 1. The Balaban J connectivity index is 1.82. The smallest absolute Gasteiger partial charge is 0.275 e. The molecule has 2 aromatic carbocycles. The summed E-state index contributed by atoms with van der Waals surface area (Å²) in [6.45, 7) is 0. The highest BCUT2D eigenvalue weighted by molar-refractivity contribution is 7.93. The van der Waals surface area contributed by atoms with Gasteiger partial charge in [0.15, 0.2) is 0 Å². The molecule has 4 aromatic rings. The third-order valence-corrected chi connectivity index (χ3v) is 6.25. The summed E-state index contributed by atoms with van der Waals surface area (Å²) in [5.41, 5.74) is 0. The summed E-state index contributed by atoms with van der Waals surface area (Å²) >= 11 is 1.21. The van der Waals surface area contributed by atoms with Crippen molar-refractivity contribution < 1.29 is 13.2 Å². The monoisotopic (exact) mass is 398 g/mol. The van der Waals surface area contributed by atoms with Gasteiger partial charge in [-0.25, -0.2) is 13.4 Å². The second kappa shape index (κ2) is 7.22. The Morgan fingerprint density at radius 3 is 2.44 bits per heavy atom. The van der Waals surface area contributed by atoms with Crippen LogP contribution in [-0.4, -0.2) is 23.6 Å². The van der Waals surface area contributed by atoms with Gasteiger partial charge in [0.1, 0.15) is 22.2 Å². The van der Waals surface area contributed by atoms with Crippen LogP contribution in [0.1, 0.15) is 0 Å². The Bertz CT molecular complexity index is 1080. The SMILES string of the molecule is O=S(=O)(c1ccccc1Oc1ccccc1)N(c1ccn[nH]1)c1nccs1. The highest BCUT2D eigenvalue weighted by atomic mass is 32.2. The van der Waals surface area contributed by atoms with E-state index in [1.54, 1.807) is 48.0 Å². The summed E-state index contributed by atoms with van der Waals surface area (Å²) in [5, 5.41) is 8.57. The lowest BCUT2D eigenvalue weighted by Crippen LogP contribution is -2.27. The molecular formula is C18H14N4O3S2. The lowest BCUT2D eigenvalue weighted by Gasteiger charge is -2.21. The van der Waals surface area contributed by atoms with Crippen LogP contribution in [0.4, 0.5) is 10.9 Å². The van der Waals surface area contributed by atoms with Gasteiger partial charge in [-0.1, -0.05) is 30.3 Å². The molecule has 0 saturated heterocycles. The highest BCUT2D eigenvalue weighted by Gasteiger charge is 2.32. The van der Waals surface area contributed by atoms with E-state index >= 15 is 0 Å². The van der Waals surface area contributed by atoms with Gasteiger partial charge in [0.25, 0.3) is 10.0 Å². The van der Waals surface area contributed by atoms with Crippen molar-refractivity contribution in [2.75, 3.05) is 4.31 Å². The van der Waals surface area contributed by atoms with Crippen molar-refractivity contribution in [2.45, 2.75) is 4.90 Å². The highest BCUT2D eigenvalue weighted by Crippen LogP contribution is 2.36. The Morgan fingerprint density at radius 1 is 0.963 bits per heavy atom. The first-order chi connectivity index (χ1) is 13.2. The van der Waals surface area contributed by atoms with Crippen LogP contribution in [0.5, 0.6) is 11.5 Å². The van der Waals surface area contributed by atoms with Crippen LogP contribution in [0.15, 0.2) is 83.3 Å².